The Morgan fingerprint density at radius 1 is 1.43 bits per heavy atom. The Kier molecular flexibility index (Phi) is 4.99. The molecular formula is C17H20ClN3OS. The van der Waals surface area contributed by atoms with E-state index < -0.39 is 0 Å². The van der Waals surface area contributed by atoms with E-state index in [1.807, 2.05) is 38.1 Å². The van der Waals surface area contributed by atoms with Crippen LogP contribution in [0.5, 0.6) is 0 Å². The molecule has 0 unspecified atom stereocenters. The van der Waals surface area contributed by atoms with E-state index in [1.54, 1.807) is 11.3 Å². The molecular weight excluding hydrogens is 330 g/mol. The van der Waals surface area contributed by atoms with Crippen molar-refractivity contribution < 1.29 is 4.79 Å². The van der Waals surface area contributed by atoms with E-state index in [2.05, 4.69) is 15.6 Å². The Balaban J connectivity index is 1.74. The molecule has 1 aromatic heterocycles. The first kappa shape index (κ1) is 16.4. The molecule has 2 atom stereocenters. The molecule has 1 aromatic carbocycles. The van der Waals surface area contributed by atoms with Gasteiger partial charge in [-0.2, -0.15) is 0 Å². The van der Waals surface area contributed by atoms with Crippen LogP contribution >= 0.6 is 22.9 Å². The summed E-state index contributed by atoms with van der Waals surface area (Å²) in [5.74, 6) is 0.213. The van der Waals surface area contributed by atoms with Gasteiger partial charge in [0.15, 0.2) is 0 Å². The van der Waals surface area contributed by atoms with Crippen molar-refractivity contribution in [3.05, 3.63) is 39.9 Å². The second-order valence-electron chi connectivity index (χ2n) is 5.90. The van der Waals surface area contributed by atoms with Crippen LogP contribution in [0.3, 0.4) is 0 Å². The fourth-order valence-corrected chi connectivity index (χ4v) is 4.00. The third-order valence-corrected chi connectivity index (χ3v) is 5.75. The summed E-state index contributed by atoms with van der Waals surface area (Å²) >= 11 is 7.56. The van der Waals surface area contributed by atoms with Crippen molar-refractivity contribution in [1.29, 1.82) is 0 Å². The Hall–Kier alpha value is -1.43. The summed E-state index contributed by atoms with van der Waals surface area (Å²) in [6.07, 6.45) is 0.913. The van der Waals surface area contributed by atoms with Crippen molar-refractivity contribution in [1.82, 2.24) is 15.6 Å². The van der Waals surface area contributed by atoms with Crippen LogP contribution in [0.1, 0.15) is 30.0 Å². The molecule has 0 aliphatic carbocycles. The van der Waals surface area contributed by atoms with E-state index in [4.69, 9.17) is 11.6 Å². The van der Waals surface area contributed by atoms with Gasteiger partial charge in [-0.15, -0.1) is 11.3 Å². The molecule has 0 spiro atoms. The molecule has 1 aliphatic heterocycles. The molecule has 1 aliphatic rings. The molecule has 2 aromatic rings. The van der Waals surface area contributed by atoms with E-state index in [0.29, 0.717) is 5.02 Å². The van der Waals surface area contributed by atoms with Crippen LogP contribution < -0.4 is 10.6 Å². The van der Waals surface area contributed by atoms with Gasteiger partial charge in [0.25, 0.3) is 0 Å². The smallest absolute Gasteiger partial charge is 0.224 e. The van der Waals surface area contributed by atoms with Crippen LogP contribution in [0.15, 0.2) is 24.3 Å². The van der Waals surface area contributed by atoms with Gasteiger partial charge in [-0.05, 0) is 38.9 Å². The van der Waals surface area contributed by atoms with E-state index in [9.17, 15) is 4.79 Å². The summed E-state index contributed by atoms with van der Waals surface area (Å²) in [6.45, 7) is 5.71. The molecule has 23 heavy (non-hydrogen) atoms. The average molecular weight is 350 g/mol. The van der Waals surface area contributed by atoms with Crippen LogP contribution in [-0.4, -0.2) is 24.0 Å². The molecule has 2 N–H and O–H groups in total. The molecule has 122 valence electrons. The van der Waals surface area contributed by atoms with Crippen molar-refractivity contribution in [3.8, 4) is 10.6 Å². The summed E-state index contributed by atoms with van der Waals surface area (Å²) in [5.41, 5.74) is 2.02. The number of carbonyl (C=O) groups excluding carboxylic acids is 1. The zero-order valence-electron chi connectivity index (χ0n) is 13.2. The maximum Gasteiger partial charge on any atom is 0.224 e. The average Bonchev–Trinajstić information content (AvgIpc) is 3.17. The highest BCUT2D eigenvalue weighted by Crippen LogP contribution is 2.32. The van der Waals surface area contributed by atoms with Crippen molar-refractivity contribution in [3.63, 3.8) is 0 Å². The number of aryl methyl sites for hydroxylation is 1. The normalized spacial score (nSPS) is 18.8. The van der Waals surface area contributed by atoms with Gasteiger partial charge in [0, 0.05) is 17.1 Å². The second kappa shape index (κ2) is 6.99. The number of thiazole rings is 1. The van der Waals surface area contributed by atoms with Crippen LogP contribution in [0, 0.1) is 12.8 Å². The molecule has 1 saturated heterocycles. The van der Waals surface area contributed by atoms with Crippen LogP contribution in [0.4, 0.5) is 0 Å². The van der Waals surface area contributed by atoms with Crippen molar-refractivity contribution in [2.75, 3.05) is 13.1 Å². The molecule has 0 saturated carbocycles. The first-order chi connectivity index (χ1) is 11.0. The Labute approximate surface area is 145 Å². The topological polar surface area (TPSA) is 54.0 Å². The summed E-state index contributed by atoms with van der Waals surface area (Å²) in [4.78, 5) is 18.0. The minimum Gasteiger partial charge on any atom is -0.348 e. The second-order valence-corrected chi connectivity index (χ2v) is 7.36. The SMILES string of the molecule is Cc1nc(-c2ccc(Cl)cc2)sc1[C@H](C)NC(=O)[C@H]1CCNC1. The molecule has 0 radical (unpaired) electrons. The predicted octanol–water partition coefficient (Wildman–Crippen LogP) is 3.56. The number of benzene rings is 1. The van der Waals surface area contributed by atoms with Gasteiger partial charge in [0.1, 0.15) is 5.01 Å². The lowest BCUT2D eigenvalue weighted by atomic mass is 10.1. The fourth-order valence-electron chi connectivity index (χ4n) is 2.80. The number of amides is 1. The van der Waals surface area contributed by atoms with Crippen LogP contribution in [-0.2, 0) is 4.79 Å². The Morgan fingerprint density at radius 2 is 2.17 bits per heavy atom. The molecule has 3 rings (SSSR count). The third-order valence-electron chi connectivity index (χ3n) is 4.11. The standard InChI is InChI=1S/C17H20ClN3OS/c1-10(20-16(22)13-7-8-19-9-13)15-11(2)21-17(23-15)12-3-5-14(18)6-4-12/h3-6,10,13,19H,7-9H2,1-2H3,(H,20,22)/t10-,13-/m0/s1. The highest BCUT2D eigenvalue weighted by molar-refractivity contribution is 7.15. The summed E-state index contributed by atoms with van der Waals surface area (Å²) in [5, 5.41) is 8.02. The molecule has 2 heterocycles. The Bertz CT molecular complexity index is 692. The van der Waals surface area contributed by atoms with Gasteiger partial charge >= 0.3 is 0 Å². The van der Waals surface area contributed by atoms with E-state index in [0.717, 1.165) is 40.7 Å². The monoisotopic (exact) mass is 349 g/mol. The highest BCUT2D eigenvalue weighted by atomic mass is 35.5. The number of aromatic nitrogens is 1. The summed E-state index contributed by atoms with van der Waals surface area (Å²) in [6, 6.07) is 7.65. The van der Waals surface area contributed by atoms with Crippen molar-refractivity contribution in [2.45, 2.75) is 26.3 Å². The molecule has 1 amide bonds. The predicted molar refractivity (Wildman–Crippen MR) is 94.8 cm³/mol. The van der Waals surface area contributed by atoms with Gasteiger partial charge in [-0.25, -0.2) is 4.98 Å². The zero-order chi connectivity index (χ0) is 16.4. The first-order valence-electron chi connectivity index (χ1n) is 7.79. The van der Waals surface area contributed by atoms with Crippen LogP contribution in [0.2, 0.25) is 5.02 Å². The lowest BCUT2D eigenvalue weighted by Gasteiger charge is -2.15. The van der Waals surface area contributed by atoms with Gasteiger partial charge < -0.3 is 10.6 Å². The van der Waals surface area contributed by atoms with E-state index in [1.165, 1.54) is 0 Å². The number of halogens is 1. The largest absolute Gasteiger partial charge is 0.348 e. The minimum absolute atomic E-state index is 0.0262. The first-order valence-corrected chi connectivity index (χ1v) is 8.98. The number of carbonyl (C=O) groups is 1. The minimum atomic E-state index is -0.0262. The number of nitrogens with zero attached hydrogens (tertiary/aromatic N) is 1. The number of rotatable bonds is 4. The number of hydrogen-bond acceptors (Lipinski definition) is 4. The van der Waals surface area contributed by atoms with Crippen molar-refractivity contribution in [2.24, 2.45) is 5.92 Å². The van der Waals surface area contributed by atoms with E-state index in [-0.39, 0.29) is 17.9 Å². The molecule has 1 fully saturated rings. The highest BCUT2D eigenvalue weighted by Gasteiger charge is 2.25. The quantitative estimate of drug-likeness (QED) is 0.887. The molecule has 4 nitrogen and oxygen atoms in total. The molecule has 0 bridgehead atoms. The summed E-state index contributed by atoms with van der Waals surface area (Å²) in [7, 11) is 0. The van der Waals surface area contributed by atoms with Crippen molar-refractivity contribution >= 4 is 28.8 Å². The maximum absolute atomic E-state index is 12.3. The lowest BCUT2D eigenvalue weighted by molar-refractivity contribution is -0.125. The fraction of sp³-hybridized carbons (Fsp3) is 0.412. The number of nitrogens with one attached hydrogen (secondary N) is 2. The van der Waals surface area contributed by atoms with E-state index >= 15 is 0 Å². The summed E-state index contributed by atoms with van der Waals surface area (Å²) < 4.78 is 0. The number of hydrogen-bond donors (Lipinski definition) is 2. The van der Waals surface area contributed by atoms with Gasteiger partial charge in [0.2, 0.25) is 5.91 Å². The third kappa shape index (κ3) is 3.74. The van der Waals surface area contributed by atoms with Gasteiger partial charge in [0.05, 0.1) is 22.5 Å². The Morgan fingerprint density at radius 3 is 2.83 bits per heavy atom. The lowest BCUT2D eigenvalue weighted by Crippen LogP contribution is -2.33. The van der Waals surface area contributed by atoms with Crippen LogP contribution in [0.25, 0.3) is 10.6 Å². The zero-order valence-corrected chi connectivity index (χ0v) is 14.8. The van der Waals surface area contributed by atoms with Gasteiger partial charge in [-0.1, -0.05) is 23.7 Å². The maximum atomic E-state index is 12.3. The van der Waals surface area contributed by atoms with Gasteiger partial charge in [-0.3, -0.25) is 4.79 Å². The molecule has 6 heteroatoms.